The minimum Gasteiger partial charge on any atom is -0.441 e. The summed E-state index contributed by atoms with van der Waals surface area (Å²) in [6.07, 6.45) is 7.26. The predicted octanol–water partition coefficient (Wildman–Crippen LogP) is 5.86. The predicted molar refractivity (Wildman–Crippen MR) is 133 cm³/mol. The van der Waals surface area contributed by atoms with Gasteiger partial charge in [-0.25, -0.2) is 14.8 Å². The number of carbonyl (C=O) groups excluding carboxylic acids is 1. The second-order valence-electron chi connectivity index (χ2n) is 9.28. The number of hydrogen-bond donors (Lipinski definition) is 0. The van der Waals surface area contributed by atoms with Crippen LogP contribution in [0.25, 0.3) is 21.3 Å². The number of thiophene rings is 1. The summed E-state index contributed by atoms with van der Waals surface area (Å²) in [5.41, 5.74) is 2.07. The molecule has 4 heterocycles. The molecule has 1 saturated heterocycles. The summed E-state index contributed by atoms with van der Waals surface area (Å²) in [7, 11) is 0. The van der Waals surface area contributed by atoms with Gasteiger partial charge >= 0.3 is 6.09 Å². The van der Waals surface area contributed by atoms with E-state index in [4.69, 9.17) is 4.74 Å². The molecule has 9 heteroatoms. The average molecular weight is 536 g/mol. The Labute approximate surface area is 209 Å². The number of benzene rings is 1. The molecular weight excluding hydrogens is 514 g/mol. The van der Waals surface area contributed by atoms with Crippen LogP contribution >= 0.6 is 27.3 Å². The first-order chi connectivity index (χ1) is 16.5. The van der Waals surface area contributed by atoms with Crippen LogP contribution in [0.5, 0.6) is 0 Å². The zero-order valence-electron chi connectivity index (χ0n) is 18.4. The molecule has 6 rings (SSSR count). The number of carbonyl (C=O) groups is 1. The van der Waals surface area contributed by atoms with Crippen LogP contribution in [0.4, 0.5) is 4.79 Å². The third-order valence-electron chi connectivity index (χ3n) is 6.96. The van der Waals surface area contributed by atoms with Crippen molar-refractivity contribution in [2.45, 2.75) is 44.4 Å². The lowest BCUT2D eigenvalue weighted by Crippen LogP contribution is -2.40. The summed E-state index contributed by atoms with van der Waals surface area (Å²) in [5.74, 6) is 0.380. The van der Waals surface area contributed by atoms with Gasteiger partial charge in [-0.15, -0.1) is 11.3 Å². The molecule has 1 aromatic carbocycles. The number of ether oxygens (including phenoxy) is 1. The Hall–Kier alpha value is -2.96. The number of aromatic nitrogens is 3. The van der Waals surface area contributed by atoms with Crippen LogP contribution in [-0.4, -0.2) is 37.7 Å². The summed E-state index contributed by atoms with van der Waals surface area (Å²) < 4.78 is 9.20. The molecule has 3 aromatic heterocycles. The van der Waals surface area contributed by atoms with Gasteiger partial charge in [-0.1, -0.05) is 0 Å². The van der Waals surface area contributed by atoms with Crippen molar-refractivity contribution in [2.75, 3.05) is 6.54 Å². The molecular formula is C25H22BrN5O2S. The molecule has 0 N–H and O–H groups in total. The van der Waals surface area contributed by atoms with Crippen molar-refractivity contribution in [3.63, 3.8) is 0 Å². The molecule has 172 valence electrons. The first-order valence-corrected chi connectivity index (χ1v) is 13.0. The highest BCUT2D eigenvalue weighted by Crippen LogP contribution is 2.42. The highest BCUT2D eigenvalue weighted by molar-refractivity contribution is 9.10. The third kappa shape index (κ3) is 3.75. The highest BCUT2D eigenvalue weighted by atomic mass is 79.9. The van der Waals surface area contributed by atoms with Crippen molar-refractivity contribution < 1.29 is 9.53 Å². The van der Waals surface area contributed by atoms with Gasteiger partial charge in [-0.3, -0.25) is 4.90 Å². The largest absolute Gasteiger partial charge is 0.441 e. The van der Waals surface area contributed by atoms with E-state index in [1.165, 1.54) is 0 Å². The average Bonchev–Trinajstić information content (AvgIpc) is 3.48. The molecule has 2 aliphatic rings. The first-order valence-electron chi connectivity index (χ1n) is 11.4. The molecule has 34 heavy (non-hydrogen) atoms. The van der Waals surface area contributed by atoms with E-state index in [0.717, 1.165) is 62.8 Å². The maximum atomic E-state index is 12.9. The molecule has 7 nitrogen and oxygen atoms in total. The van der Waals surface area contributed by atoms with Crippen molar-refractivity contribution >= 4 is 54.6 Å². The van der Waals surface area contributed by atoms with Crippen molar-refractivity contribution in [1.82, 2.24) is 19.4 Å². The normalized spacial score (nSPS) is 22.5. The van der Waals surface area contributed by atoms with Gasteiger partial charge in [0, 0.05) is 27.5 Å². The zero-order valence-corrected chi connectivity index (χ0v) is 20.8. The minimum absolute atomic E-state index is 0.232. The van der Waals surface area contributed by atoms with Gasteiger partial charge < -0.3 is 9.30 Å². The summed E-state index contributed by atoms with van der Waals surface area (Å²) in [6.45, 7) is 1.94. The maximum absolute atomic E-state index is 12.9. The van der Waals surface area contributed by atoms with E-state index in [1.807, 2.05) is 35.5 Å². The third-order valence-corrected chi connectivity index (χ3v) is 9.22. The van der Waals surface area contributed by atoms with Crippen LogP contribution in [0.15, 0.2) is 47.3 Å². The van der Waals surface area contributed by atoms with Gasteiger partial charge in [0.2, 0.25) is 0 Å². The van der Waals surface area contributed by atoms with Crippen LogP contribution in [0.2, 0.25) is 0 Å². The number of amides is 1. The summed E-state index contributed by atoms with van der Waals surface area (Å²) >= 11 is 5.32. The van der Waals surface area contributed by atoms with Crippen LogP contribution < -0.4 is 0 Å². The fraction of sp³-hybridized carbons (Fsp3) is 0.360. The molecule has 1 aliphatic heterocycles. The Morgan fingerprint density at radius 2 is 2.24 bits per heavy atom. The number of fused-ring (bicyclic) bond motifs is 2. The first kappa shape index (κ1) is 21.6. The zero-order chi connectivity index (χ0) is 23.3. The van der Waals surface area contributed by atoms with Crippen LogP contribution in [-0.2, 0) is 17.8 Å². The van der Waals surface area contributed by atoms with Crippen molar-refractivity contribution in [2.24, 2.45) is 5.92 Å². The molecule has 1 amide bonds. The van der Waals surface area contributed by atoms with E-state index < -0.39 is 5.60 Å². The van der Waals surface area contributed by atoms with Crippen molar-refractivity contribution in [3.05, 3.63) is 57.8 Å². The van der Waals surface area contributed by atoms with E-state index >= 15 is 0 Å². The second kappa shape index (κ2) is 8.36. The Balaban J connectivity index is 1.19. The summed E-state index contributed by atoms with van der Waals surface area (Å²) in [4.78, 5) is 25.7. The van der Waals surface area contributed by atoms with Gasteiger partial charge in [0.1, 0.15) is 10.4 Å². The highest BCUT2D eigenvalue weighted by Gasteiger charge is 2.48. The fourth-order valence-corrected chi connectivity index (χ4v) is 7.29. The maximum Gasteiger partial charge on any atom is 0.410 e. The Kier molecular flexibility index (Phi) is 5.30. The number of nitriles is 1. The summed E-state index contributed by atoms with van der Waals surface area (Å²) in [5, 5.41) is 10.3. The molecule has 1 aliphatic carbocycles. The molecule has 1 saturated carbocycles. The van der Waals surface area contributed by atoms with E-state index in [9.17, 15) is 10.1 Å². The smallest absolute Gasteiger partial charge is 0.410 e. The summed E-state index contributed by atoms with van der Waals surface area (Å²) in [6, 6.07) is 11.8. The number of rotatable bonds is 4. The van der Waals surface area contributed by atoms with Gasteiger partial charge in [0.05, 0.1) is 42.1 Å². The minimum atomic E-state index is -0.435. The van der Waals surface area contributed by atoms with Gasteiger partial charge in [-0.05, 0) is 77.9 Å². The Bertz CT molecular complexity index is 1460. The molecule has 1 spiro atoms. The van der Waals surface area contributed by atoms with E-state index in [2.05, 4.69) is 36.5 Å². The number of nitrogens with zero attached hydrogens (tertiary/aromatic N) is 5. The van der Waals surface area contributed by atoms with Gasteiger partial charge in [0.25, 0.3) is 0 Å². The molecule has 2 fully saturated rings. The molecule has 4 aromatic rings. The number of hydrogen-bond acceptors (Lipinski definition) is 6. The second-order valence-corrected chi connectivity index (χ2v) is 11.2. The quantitative estimate of drug-likeness (QED) is 0.326. The molecule has 0 unspecified atom stereocenters. The van der Waals surface area contributed by atoms with Crippen LogP contribution in [0.3, 0.4) is 0 Å². The van der Waals surface area contributed by atoms with Crippen LogP contribution in [0, 0.1) is 17.2 Å². The van der Waals surface area contributed by atoms with Gasteiger partial charge in [-0.2, -0.15) is 5.26 Å². The van der Waals surface area contributed by atoms with E-state index in [1.54, 1.807) is 23.6 Å². The number of pyridine rings is 1. The Morgan fingerprint density at radius 3 is 3.09 bits per heavy atom. The van der Waals surface area contributed by atoms with E-state index in [0.29, 0.717) is 24.6 Å². The van der Waals surface area contributed by atoms with Gasteiger partial charge in [0.15, 0.2) is 0 Å². The van der Waals surface area contributed by atoms with E-state index in [-0.39, 0.29) is 6.09 Å². The standard InChI is InChI=1S/C25H22BrN5O2S/c26-22-18-4-2-8-28-23(18)34-21(22)13-30-14-25(33-24(30)32)7-1-3-17(10-25)12-31-15-29-19-6-5-16(11-27)9-20(19)31/h2,4-6,8-9,15,17H,1,3,7,10,12-14H2/t17-,25-/m0/s1. The number of halogens is 1. The lowest BCUT2D eigenvalue weighted by atomic mass is 9.78. The van der Waals surface area contributed by atoms with Crippen molar-refractivity contribution in [1.29, 1.82) is 5.26 Å². The lowest BCUT2D eigenvalue weighted by Gasteiger charge is -2.36. The number of imidazole rings is 1. The van der Waals surface area contributed by atoms with Crippen LogP contribution in [0.1, 0.15) is 36.1 Å². The molecule has 0 radical (unpaired) electrons. The lowest BCUT2D eigenvalue weighted by molar-refractivity contribution is 0.00415. The Morgan fingerprint density at radius 1 is 1.32 bits per heavy atom. The molecule has 2 atom stereocenters. The SMILES string of the molecule is N#Cc1ccc2ncn(C[C@H]3CCC[C@]4(C3)CN(Cc3sc5ncccc5c3Br)C(=O)O4)c2c1. The van der Waals surface area contributed by atoms with Crippen molar-refractivity contribution in [3.8, 4) is 6.07 Å². The monoisotopic (exact) mass is 535 g/mol. The topological polar surface area (TPSA) is 84.0 Å². The molecule has 0 bridgehead atoms. The fourth-order valence-electron chi connectivity index (χ4n) is 5.43.